The highest BCUT2D eigenvalue weighted by Gasteiger charge is 2.19. The highest BCUT2D eigenvalue weighted by molar-refractivity contribution is 7.94. The first kappa shape index (κ1) is 9.29. The van der Waals surface area contributed by atoms with E-state index in [4.69, 9.17) is 0 Å². The molecule has 0 spiro atoms. The summed E-state index contributed by atoms with van der Waals surface area (Å²) in [6.45, 7) is 3.13. The van der Waals surface area contributed by atoms with E-state index in [-0.39, 0.29) is 0 Å². The third-order valence-electron chi connectivity index (χ3n) is 0.653. The topological polar surface area (TPSA) is 34.1 Å². The maximum Gasteiger partial charge on any atom is 0.340 e. The van der Waals surface area contributed by atoms with Crippen molar-refractivity contribution in [2.75, 3.05) is 0 Å². The van der Waals surface area contributed by atoms with Gasteiger partial charge in [0.1, 0.15) is 0 Å². The van der Waals surface area contributed by atoms with Crippen molar-refractivity contribution in [1.29, 1.82) is 0 Å². The van der Waals surface area contributed by atoms with E-state index in [1.54, 1.807) is 0 Å². The second kappa shape index (κ2) is 3.46. The molecule has 0 aromatic heterocycles. The molecule has 0 rings (SSSR count). The van der Waals surface area contributed by atoms with E-state index < -0.39 is 15.6 Å². The quantitative estimate of drug-likeness (QED) is 0.595. The minimum absolute atomic E-state index is 0.421. The van der Waals surface area contributed by atoms with Crippen LogP contribution in [0.4, 0.5) is 8.78 Å². The molecule has 0 aromatic rings. The summed E-state index contributed by atoms with van der Waals surface area (Å²) < 4.78 is 43.3. The summed E-state index contributed by atoms with van der Waals surface area (Å²) in [5, 5.41) is 0.421. The van der Waals surface area contributed by atoms with Crippen LogP contribution >= 0.6 is 0 Å². The molecule has 0 aliphatic heterocycles. The Morgan fingerprint density at radius 3 is 2.20 bits per heavy atom. The third-order valence-corrected chi connectivity index (χ3v) is 1.69. The molecule has 0 fully saturated rings. The fraction of sp³-hybridized carbons (Fsp3) is 0.200. The van der Waals surface area contributed by atoms with Gasteiger partial charge in [0.15, 0.2) is 0 Å². The molecule has 0 aliphatic rings. The maximum absolute atomic E-state index is 11.5. The molecule has 0 N–H and O–H groups in total. The second-order valence-corrected chi connectivity index (χ2v) is 3.22. The number of hydrogen-bond acceptors (Lipinski definition) is 2. The van der Waals surface area contributed by atoms with Crippen LogP contribution in [-0.4, -0.2) is 14.2 Å². The van der Waals surface area contributed by atoms with Gasteiger partial charge < -0.3 is 0 Å². The molecule has 0 bridgehead atoms. The van der Waals surface area contributed by atoms with Gasteiger partial charge in [-0.3, -0.25) is 0 Å². The molecule has 0 atom stereocenters. The van der Waals surface area contributed by atoms with Crippen LogP contribution in [0.5, 0.6) is 0 Å². The second-order valence-electron chi connectivity index (χ2n) is 1.41. The van der Waals surface area contributed by atoms with Crippen LogP contribution in [0.25, 0.3) is 0 Å². The summed E-state index contributed by atoms with van der Waals surface area (Å²) in [4.78, 5) is 0. The van der Waals surface area contributed by atoms with Gasteiger partial charge in [-0.2, -0.15) is 8.78 Å². The predicted octanol–water partition coefficient (Wildman–Crippen LogP) is 1.32. The Morgan fingerprint density at radius 2 is 1.90 bits per heavy atom. The molecular weight excluding hydrogens is 162 g/mol. The van der Waals surface area contributed by atoms with Gasteiger partial charge in [0.25, 0.3) is 0 Å². The lowest BCUT2D eigenvalue weighted by Gasteiger charge is -1.91. The van der Waals surface area contributed by atoms with Gasteiger partial charge in [-0.15, -0.1) is 0 Å². The molecule has 0 radical (unpaired) electrons. The molecular formula is C5H6F2O2S. The SMILES string of the molecule is C=C/C=C/S(=O)(=O)C(F)F. The van der Waals surface area contributed by atoms with Crippen LogP contribution in [0.1, 0.15) is 0 Å². The number of sulfone groups is 1. The van der Waals surface area contributed by atoms with Crippen LogP contribution in [0, 0.1) is 0 Å². The molecule has 0 amide bonds. The molecule has 58 valence electrons. The van der Waals surface area contributed by atoms with E-state index >= 15 is 0 Å². The standard InChI is InChI=1S/C5H6F2O2S/c1-2-3-4-10(8,9)5(6)7/h2-5H,1H2/b4-3+. The summed E-state index contributed by atoms with van der Waals surface area (Å²) in [5.41, 5.74) is 0. The largest absolute Gasteiger partial charge is 0.340 e. The number of halogens is 2. The van der Waals surface area contributed by atoms with Gasteiger partial charge in [0.2, 0.25) is 9.84 Å². The lowest BCUT2D eigenvalue weighted by atomic mass is 10.6. The van der Waals surface area contributed by atoms with Crippen molar-refractivity contribution in [3.63, 3.8) is 0 Å². The van der Waals surface area contributed by atoms with E-state index in [1.807, 2.05) is 0 Å². The molecule has 0 aliphatic carbocycles. The van der Waals surface area contributed by atoms with Crippen molar-refractivity contribution < 1.29 is 17.2 Å². The van der Waals surface area contributed by atoms with Crippen LogP contribution in [-0.2, 0) is 9.84 Å². The molecule has 0 saturated carbocycles. The minimum atomic E-state index is -4.35. The number of hydrogen-bond donors (Lipinski definition) is 0. The van der Waals surface area contributed by atoms with Crippen molar-refractivity contribution in [3.8, 4) is 0 Å². The molecule has 0 unspecified atom stereocenters. The van der Waals surface area contributed by atoms with Gasteiger partial charge in [-0.05, 0) is 0 Å². The number of rotatable bonds is 3. The molecule has 0 heterocycles. The van der Waals surface area contributed by atoms with E-state index in [9.17, 15) is 17.2 Å². The fourth-order valence-corrected chi connectivity index (χ4v) is 0.673. The van der Waals surface area contributed by atoms with Crippen molar-refractivity contribution >= 4 is 9.84 Å². The Hall–Kier alpha value is -0.710. The predicted molar refractivity (Wildman–Crippen MR) is 34.3 cm³/mol. The van der Waals surface area contributed by atoms with Gasteiger partial charge >= 0.3 is 5.76 Å². The zero-order chi connectivity index (χ0) is 8.20. The first-order valence-corrected chi connectivity index (χ1v) is 3.93. The highest BCUT2D eigenvalue weighted by Crippen LogP contribution is 2.06. The summed E-state index contributed by atoms with van der Waals surface area (Å²) >= 11 is 0. The Labute approximate surface area is 57.8 Å². The van der Waals surface area contributed by atoms with Crippen molar-refractivity contribution in [2.45, 2.75) is 5.76 Å². The Kier molecular flexibility index (Phi) is 3.21. The van der Waals surface area contributed by atoms with Gasteiger partial charge in [-0.1, -0.05) is 18.7 Å². The summed E-state index contributed by atoms with van der Waals surface area (Å²) in [7, 11) is -4.35. The Morgan fingerprint density at radius 1 is 1.40 bits per heavy atom. The van der Waals surface area contributed by atoms with E-state index in [2.05, 4.69) is 6.58 Å². The van der Waals surface area contributed by atoms with E-state index in [1.165, 1.54) is 0 Å². The fourth-order valence-electron chi connectivity index (χ4n) is 0.224. The van der Waals surface area contributed by atoms with Crippen LogP contribution in [0.15, 0.2) is 24.1 Å². The maximum atomic E-state index is 11.5. The summed E-state index contributed by atoms with van der Waals surface area (Å²) in [5.74, 6) is -3.34. The van der Waals surface area contributed by atoms with Crippen LogP contribution < -0.4 is 0 Å². The molecule has 0 aromatic carbocycles. The average Bonchev–Trinajstić information content (AvgIpc) is 1.84. The summed E-state index contributed by atoms with van der Waals surface area (Å²) in [6, 6.07) is 0. The highest BCUT2D eigenvalue weighted by atomic mass is 32.2. The van der Waals surface area contributed by atoms with Gasteiger partial charge in [0, 0.05) is 5.41 Å². The minimum Gasteiger partial charge on any atom is -0.218 e. The first-order valence-electron chi connectivity index (χ1n) is 2.32. The van der Waals surface area contributed by atoms with E-state index in [0.29, 0.717) is 5.41 Å². The third kappa shape index (κ3) is 2.72. The molecule has 0 saturated heterocycles. The van der Waals surface area contributed by atoms with E-state index in [0.717, 1.165) is 12.2 Å². The zero-order valence-corrected chi connectivity index (χ0v) is 5.81. The van der Waals surface area contributed by atoms with Crippen LogP contribution in [0.3, 0.4) is 0 Å². The normalized spacial score (nSPS) is 12.7. The Balaban J connectivity index is 4.44. The molecule has 10 heavy (non-hydrogen) atoms. The van der Waals surface area contributed by atoms with Crippen molar-refractivity contribution in [1.82, 2.24) is 0 Å². The number of alkyl halides is 2. The monoisotopic (exact) mass is 168 g/mol. The van der Waals surface area contributed by atoms with Crippen molar-refractivity contribution in [3.05, 3.63) is 24.1 Å². The average molecular weight is 168 g/mol. The lowest BCUT2D eigenvalue weighted by Crippen LogP contribution is -2.06. The molecule has 5 heteroatoms. The molecule has 2 nitrogen and oxygen atoms in total. The lowest BCUT2D eigenvalue weighted by molar-refractivity contribution is 0.237. The summed E-state index contributed by atoms with van der Waals surface area (Å²) in [6.07, 6.45) is 2.06. The zero-order valence-electron chi connectivity index (χ0n) is 5.00. The van der Waals surface area contributed by atoms with Crippen LogP contribution in [0.2, 0.25) is 0 Å². The van der Waals surface area contributed by atoms with Gasteiger partial charge in [-0.25, -0.2) is 8.42 Å². The smallest absolute Gasteiger partial charge is 0.218 e. The number of allylic oxidation sites excluding steroid dienone is 2. The Bertz CT molecular complexity index is 228. The van der Waals surface area contributed by atoms with Gasteiger partial charge in [0.05, 0.1) is 0 Å². The van der Waals surface area contributed by atoms with Crippen molar-refractivity contribution in [2.24, 2.45) is 0 Å². The first-order chi connectivity index (χ1) is 4.50.